The Balaban J connectivity index is 1.62. The second-order valence-corrected chi connectivity index (χ2v) is 5.33. The van der Waals surface area contributed by atoms with E-state index in [9.17, 15) is 0 Å². The lowest BCUT2D eigenvalue weighted by Crippen LogP contribution is -2.25. The van der Waals surface area contributed by atoms with Gasteiger partial charge in [0.05, 0.1) is 0 Å². The van der Waals surface area contributed by atoms with Crippen molar-refractivity contribution in [3.63, 3.8) is 0 Å². The van der Waals surface area contributed by atoms with Gasteiger partial charge in [0.25, 0.3) is 0 Å². The summed E-state index contributed by atoms with van der Waals surface area (Å²) < 4.78 is 0. The molecule has 0 aromatic carbocycles. The van der Waals surface area contributed by atoms with Gasteiger partial charge >= 0.3 is 0 Å². The van der Waals surface area contributed by atoms with Gasteiger partial charge in [-0.1, -0.05) is 12.8 Å². The molecule has 1 aromatic rings. The minimum Gasteiger partial charge on any atom is -0.327 e. The molecule has 3 rings (SSSR count). The van der Waals surface area contributed by atoms with Crippen LogP contribution < -0.4 is 5.73 Å². The Kier molecular flexibility index (Phi) is 2.67. The lowest BCUT2D eigenvalue weighted by Gasteiger charge is -2.06. The summed E-state index contributed by atoms with van der Waals surface area (Å²) in [6.07, 6.45) is 8.63. The third kappa shape index (κ3) is 2.12. The van der Waals surface area contributed by atoms with Crippen LogP contribution in [0.5, 0.6) is 0 Å². The Morgan fingerprint density at radius 2 is 2.00 bits per heavy atom. The molecule has 0 radical (unpaired) electrons. The minimum absolute atomic E-state index is 0.282. The first-order valence-electron chi connectivity index (χ1n) is 6.49. The number of aromatic amines is 1. The molecule has 2 fully saturated rings. The van der Waals surface area contributed by atoms with Gasteiger partial charge in [0.15, 0.2) is 5.82 Å². The Morgan fingerprint density at radius 3 is 2.69 bits per heavy atom. The van der Waals surface area contributed by atoms with E-state index < -0.39 is 0 Å². The lowest BCUT2D eigenvalue weighted by atomic mass is 10.1. The van der Waals surface area contributed by atoms with Crippen molar-refractivity contribution in [2.75, 3.05) is 0 Å². The SMILES string of the molecule is NC(Cc1nc(C2CCCC2)n[nH]1)C1CC1. The average molecular weight is 220 g/mol. The monoisotopic (exact) mass is 220 g/mol. The largest absolute Gasteiger partial charge is 0.327 e. The first-order valence-corrected chi connectivity index (χ1v) is 6.49. The maximum atomic E-state index is 6.09. The van der Waals surface area contributed by atoms with Gasteiger partial charge in [0, 0.05) is 18.4 Å². The van der Waals surface area contributed by atoms with Crippen LogP contribution in [0.25, 0.3) is 0 Å². The molecule has 2 aliphatic carbocycles. The number of nitrogens with one attached hydrogen (secondary N) is 1. The van der Waals surface area contributed by atoms with E-state index in [-0.39, 0.29) is 6.04 Å². The highest BCUT2D eigenvalue weighted by Gasteiger charge is 2.29. The van der Waals surface area contributed by atoms with E-state index in [4.69, 9.17) is 5.73 Å². The van der Waals surface area contributed by atoms with Gasteiger partial charge in [-0.15, -0.1) is 0 Å². The molecule has 0 spiro atoms. The maximum absolute atomic E-state index is 6.09. The van der Waals surface area contributed by atoms with Crippen molar-refractivity contribution in [2.24, 2.45) is 11.7 Å². The fraction of sp³-hybridized carbons (Fsp3) is 0.833. The van der Waals surface area contributed by atoms with Crippen LogP contribution in [0.4, 0.5) is 0 Å². The Hall–Kier alpha value is -0.900. The third-order valence-corrected chi connectivity index (χ3v) is 3.93. The van der Waals surface area contributed by atoms with E-state index in [2.05, 4.69) is 15.2 Å². The molecule has 1 heterocycles. The predicted molar refractivity (Wildman–Crippen MR) is 62.0 cm³/mol. The molecule has 3 N–H and O–H groups in total. The summed E-state index contributed by atoms with van der Waals surface area (Å²) in [5.74, 6) is 3.35. The summed E-state index contributed by atoms with van der Waals surface area (Å²) in [6, 6.07) is 0.282. The van der Waals surface area contributed by atoms with Crippen LogP contribution in [0.3, 0.4) is 0 Å². The molecule has 1 aromatic heterocycles. The summed E-state index contributed by atoms with van der Waals surface area (Å²) in [4.78, 5) is 4.60. The van der Waals surface area contributed by atoms with Gasteiger partial charge in [-0.05, 0) is 31.6 Å². The first kappa shape index (κ1) is 10.3. The van der Waals surface area contributed by atoms with Gasteiger partial charge < -0.3 is 5.73 Å². The summed E-state index contributed by atoms with van der Waals surface area (Å²) >= 11 is 0. The van der Waals surface area contributed by atoms with Crippen LogP contribution in [0, 0.1) is 5.92 Å². The van der Waals surface area contributed by atoms with Gasteiger partial charge in [0.2, 0.25) is 0 Å². The molecule has 2 saturated carbocycles. The number of nitrogens with two attached hydrogens (primary N) is 1. The van der Waals surface area contributed by atoms with Crippen LogP contribution in [0.2, 0.25) is 0 Å². The van der Waals surface area contributed by atoms with E-state index in [1.807, 2.05) is 0 Å². The van der Waals surface area contributed by atoms with E-state index in [0.29, 0.717) is 5.92 Å². The van der Waals surface area contributed by atoms with Crippen molar-refractivity contribution in [3.8, 4) is 0 Å². The summed E-state index contributed by atoms with van der Waals surface area (Å²) in [6.45, 7) is 0. The minimum atomic E-state index is 0.282. The molecule has 88 valence electrons. The zero-order valence-electron chi connectivity index (χ0n) is 9.65. The quantitative estimate of drug-likeness (QED) is 0.812. The highest BCUT2D eigenvalue weighted by molar-refractivity contribution is 5.02. The van der Waals surface area contributed by atoms with Crippen molar-refractivity contribution >= 4 is 0 Å². The van der Waals surface area contributed by atoms with Gasteiger partial charge in [-0.25, -0.2) is 4.98 Å². The standard InChI is InChI=1S/C12H20N4/c13-10(8-5-6-8)7-11-14-12(16-15-11)9-3-1-2-4-9/h8-10H,1-7,13H2,(H,14,15,16). The molecule has 1 unspecified atom stereocenters. The number of H-pyrrole nitrogens is 1. The molecule has 4 nitrogen and oxygen atoms in total. The van der Waals surface area contributed by atoms with Crippen LogP contribution in [-0.4, -0.2) is 21.2 Å². The molecule has 4 heteroatoms. The number of aromatic nitrogens is 3. The molecular weight excluding hydrogens is 200 g/mol. The van der Waals surface area contributed by atoms with E-state index >= 15 is 0 Å². The smallest absolute Gasteiger partial charge is 0.153 e. The van der Waals surface area contributed by atoms with Crippen molar-refractivity contribution in [1.82, 2.24) is 15.2 Å². The Morgan fingerprint density at radius 1 is 1.25 bits per heavy atom. The molecule has 0 saturated heterocycles. The Bertz CT molecular complexity index is 350. The highest BCUT2D eigenvalue weighted by Crippen LogP contribution is 2.34. The van der Waals surface area contributed by atoms with Crippen molar-refractivity contribution < 1.29 is 0 Å². The number of rotatable bonds is 4. The second-order valence-electron chi connectivity index (χ2n) is 5.33. The van der Waals surface area contributed by atoms with E-state index in [1.54, 1.807) is 0 Å². The molecule has 0 aliphatic heterocycles. The number of hydrogen-bond donors (Lipinski definition) is 2. The highest BCUT2D eigenvalue weighted by atomic mass is 15.2. The third-order valence-electron chi connectivity index (χ3n) is 3.93. The van der Waals surface area contributed by atoms with Crippen LogP contribution >= 0.6 is 0 Å². The van der Waals surface area contributed by atoms with Crippen LogP contribution in [0.1, 0.15) is 56.1 Å². The lowest BCUT2D eigenvalue weighted by molar-refractivity contribution is 0.575. The van der Waals surface area contributed by atoms with Gasteiger partial charge in [0.1, 0.15) is 5.82 Å². The van der Waals surface area contributed by atoms with Crippen molar-refractivity contribution in [2.45, 2.75) is 56.9 Å². The van der Waals surface area contributed by atoms with E-state index in [1.165, 1.54) is 38.5 Å². The summed E-state index contributed by atoms with van der Waals surface area (Å²) in [5.41, 5.74) is 6.09. The summed E-state index contributed by atoms with van der Waals surface area (Å²) in [7, 11) is 0. The molecule has 0 amide bonds. The molecule has 0 bridgehead atoms. The molecule has 2 aliphatic rings. The van der Waals surface area contributed by atoms with Crippen molar-refractivity contribution in [3.05, 3.63) is 11.6 Å². The number of nitrogens with zero attached hydrogens (tertiary/aromatic N) is 2. The predicted octanol–water partition coefficient (Wildman–Crippen LogP) is 1.74. The average Bonchev–Trinajstić information content (AvgIpc) is 2.80. The van der Waals surface area contributed by atoms with E-state index in [0.717, 1.165) is 24.0 Å². The zero-order chi connectivity index (χ0) is 11.0. The molecular formula is C12H20N4. The Labute approximate surface area is 96.0 Å². The van der Waals surface area contributed by atoms with Crippen molar-refractivity contribution in [1.29, 1.82) is 0 Å². The van der Waals surface area contributed by atoms with Gasteiger partial charge in [-0.2, -0.15) is 5.10 Å². The number of hydrogen-bond acceptors (Lipinski definition) is 3. The first-order chi connectivity index (χ1) is 7.83. The normalized spacial score (nSPS) is 23.8. The van der Waals surface area contributed by atoms with Crippen LogP contribution in [0.15, 0.2) is 0 Å². The van der Waals surface area contributed by atoms with Crippen LogP contribution in [-0.2, 0) is 6.42 Å². The van der Waals surface area contributed by atoms with Gasteiger partial charge in [-0.3, -0.25) is 5.10 Å². The fourth-order valence-corrected chi connectivity index (χ4v) is 2.68. The molecule has 1 atom stereocenters. The topological polar surface area (TPSA) is 67.6 Å². The second kappa shape index (κ2) is 4.17. The fourth-order valence-electron chi connectivity index (χ4n) is 2.68. The maximum Gasteiger partial charge on any atom is 0.153 e. The summed E-state index contributed by atoms with van der Waals surface area (Å²) in [5, 5.41) is 7.39. The zero-order valence-corrected chi connectivity index (χ0v) is 9.65. The molecule has 16 heavy (non-hydrogen) atoms.